The molecule has 0 radical (unpaired) electrons. The highest BCUT2D eigenvalue weighted by atomic mass is 35.5. The summed E-state index contributed by atoms with van der Waals surface area (Å²) in [5.74, 6) is 0. The van der Waals surface area contributed by atoms with E-state index in [-0.39, 0.29) is 9.92 Å². The Bertz CT molecular complexity index is 880. The molecule has 0 saturated heterocycles. The zero-order chi connectivity index (χ0) is 14.2. The summed E-state index contributed by atoms with van der Waals surface area (Å²) in [5.41, 5.74) is 1.05. The van der Waals surface area contributed by atoms with E-state index < -0.39 is 9.84 Å². The molecule has 0 bridgehead atoms. The zero-order valence-corrected chi connectivity index (χ0v) is 11.8. The molecule has 0 atom stereocenters. The topological polar surface area (TPSA) is 59.9 Å². The molecular formula is C14H9ClN2O2S. The number of aromatic nitrogens is 2. The molecular weight excluding hydrogens is 296 g/mol. The number of fused-ring (bicyclic) bond motifs is 1. The monoisotopic (exact) mass is 304 g/mol. The lowest BCUT2D eigenvalue weighted by Gasteiger charge is -2.04. The lowest BCUT2D eigenvalue weighted by Crippen LogP contribution is -2.05. The Kier molecular flexibility index (Phi) is 3.16. The predicted molar refractivity (Wildman–Crippen MR) is 76.4 cm³/mol. The summed E-state index contributed by atoms with van der Waals surface area (Å²) in [5, 5.41) is 0.402. The molecule has 4 nitrogen and oxygen atoms in total. The van der Waals surface area contributed by atoms with Gasteiger partial charge in [-0.15, -0.1) is 0 Å². The van der Waals surface area contributed by atoms with Gasteiger partial charge in [-0.25, -0.2) is 13.4 Å². The fourth-order valence-electron chi connectivity index (χ4n) is 1.82. The SMILES string of the molecule is O=S(=O)(c1ccccc1)c1cnc2ccc(Cl)cc2n1. The molecule has 3 aromatic rings. The molecule has 0 aliphatic rings. The van der Waals surface area contributed by atoms with Crippen molar-refractivity contribution in [2.24, 2.45) is 0 Å². The maximum Gasteiger partial charge on any atom is 0.225 e. The van der Waals surface area contributed by atoms with Crippen molar-refractivity contribution in [3.8, 4) is 0 Å². The minimum Gasteiger partial charge on any atom is -0.252 e. The molecule has 0 amide bonds. The molecule has 0 spiro atoms. The van der Waals surface area contributed by atoms with Crippen molar-refractivity contribution in [3.63, 3.8) is 0 Å². The summed E-state index contributed by atoms with van der Waals surface area (Å²) < 4.78 is 24.9. The van der Waals surface area contributed by atoms with Crippen molar-refractivity contribution in [2.75, 3.05) is 0 Å². The van der Waals surface area contributed by atoms with E-state index in [1.54, 1.807) is 36.4 Å². The Morgan fingerprint density at radius 3 is 2.45 bits per heavy atom. The van der Waals surface area contributed by atoms with Gasteiger partial charge in [-0.2, -0.15) is 0 Å². The van der Waals surface area contributed by atoms with Crippen molar-refractivity contribution < 1.29 is 8.42 Å². The fourth-order valence-corrected chi connectivity index (χ4v) is 3.15. The van der Waals surface area contributed by atoms with Crippen LogP contribution in [0.1, 0.15) is 0 Å². The number of rotatable bonds is 2. The highest BCUT2D eigenvalue weighted by Gasteiger charge is 2.19. The molecule has 100 valence electrons. The van der Waals surface area contributed by atoms with E-state index >= 15 is 0 Å². The molecule has 2 aromatic carbocycles. The first-order chi connectivity index (χ1) is 9.57. The van der Waals surface area contributed by atoms with E-state index in [2.05, 4.69) is 9.97 Å². The summed E-state index contributed by atoms with van der Waals surface area (Å²) >= 11 is 5.89. The zero-order valence-electron chi connectivity index (χ0n) is 10.2. The highest BCUT2D eigenvalue weighted by molar-refractivity contribution is 7.91. The van der Waals surface area contributed by atoms with Crippen LogP contribution in [0.4, 0.5) is 0 Å². The van der Waals surface area contributed by atoms with Gasteiger partial charge < -0.3 is 0 Å². The maximum atomic E-state index is 12.4. The van der Waals surface area contributed by atoms with Crippen LogP contribution in [-0.2, 0) is 9.84 Å². The molecule has 0 unspecified atom stereocenters. The third-order valence-corrected chi connectivity index (χ3v) is 4.69. The van der Waals surface area contributed by atoms with E-state index in [0.29, 0.717) is 16.1 Å². The Morgan fingerprint density at radius 2 is 1.70 bits per heavy atom. The van der Waals surface area contributed by atoms with Crippen LogP contribution in [0.5, 0.6) is 0 Å². The van der Waals surface area contributed by atoms with Gasteiger partial charge in [-0.05, 0) is 30.3 Å². The van der Waals surface area contributed by atoms with E-state index in [1.165, 1.54) is 18.3 Å². The van der Waals surface area contributed by atoms with Crippen molar-refractivity contribution >= 4 is 32.5 Å². The van der Waals surface area contributed by atoms with E-state index in [9.17, 15) is 8.42 Å². The second-order valence-corrected chi connectivity index (χ2v) is 6.49. The number of nitrogens with zero attached hydrogens (tertiary/aromatic N) is 2. The average molecular weight is 305 g/mol. The second kappa shape index (κ2) is 4.85. The Labute approximate surface area is 121 Å². The average Bonchev–Trinajstić information content (AvgIpc) is 2.47. The molecule has 0 N–H and O–H groups in total. The van der Waals surface area contributed by atoms with Gasteiger partial charge in [0.25, 0.3) is 0 Å². The molecule has 3 rings (SSSR count). The molecule has 0 fully saturated rings. The Balaban J connectivity index is 2.19. The number of hydrogen-bond acceptors (Lipinski definition) is 4. The number of hydrogen-bond donors (Lipinski definition) is 0. The quantitative estimate of drug-likeness (QED) is 0.730. The number of benzene rings is 2. The first-order valence-electron chi connectivity index (χ1n) is 5.80. The van der Waals surface area contributed by atoms with Crippen LogP contribution in [-0.4, -0.2) is 18.4 Å². The van der Waals surface area contributed by atoms with Gasteiger partial charge in [-0.3, -0.25) is 4.98 Å². The summed E-state index contributed by atoms with van der Waals surface area (Å²) in [4.78, 5) is 8.45. The highest BCUT2D eigenvalue weighted by Crippen LogP contribution is 2.21. The second-order valence-electron chi connectivity index (χ2n) is 4.16. The van der Waals surface area contributed by atoms with Crippen molar-refractivity contribution in [1.29, 1.82) is 0 Å². The van der Waals surface area contributed by atoms with Crippen LogP contribution in [0.25, 0.3) is 11.0 Å². The smallest absolute Gasteiger partial charge is 0.225 e. The van der Waals surface area contributed by atoms with Crippen molar-refractivity contribution in [2.45, 2.75) is 9.92 Å². The maximum absolute atomic E-state index is 12.4. The lowest BCUT2D eigenvalue weighted by molar-refractivity contribution is 0.592. The Hall–Kier alpha value is -1.98. The molecule has 0 saturated carbocycles. The first kappa shape index (κ1) is 13.0. The molecule has 1 aromatic heterocycles. The largest absolute Gasteiger partial charge is 0.252 e. The number of sulfone groups is 1. The summed E-state index contributed by atoms with van der Waals surface area (Å²) in [6.45, 7) is 0. The summed E-state index contributed by atoms with van der Waals surface area (Å²) in [6.07, 6.45) is 1.26. The minimum absolute atomic E-state index is 0.0848. The lowest BCUT2D eigenvalue weighted by atomic mass is 10.3. The summed E-state index contributed by atoms with van der Waals surface area (Å²) in [6, 6.07) is 13.1. The van der Waals surface area contributed by atoms with Gasteiger partial charge in [0.2, 0.25) is 9.84 Å². The molecule has 20 heavy (non-hydrogen) atoms. The van der Waals surface area contributed by atoms with Crippen molar-refractivity contribution in [1.82, 2.24) is 9.97 Å². The van der Waals surface area contributed by atoms with Crippen LogP contribution in [0.15, 0.2) is 64.6 Å². The third-order valence-electron chi connectivity index (χ3n) is 2.81. The summed E-state index contributed by atoms with van der Waals surface area (Å²) in [7, 11) is -3.66. The van der Waals surface area contributed by atoms with E-state index in [1.807, 2.05) is 0 Å². The predicted octanol–water partition coefficient (Wildman–Crippen LogP) is 3.12. The third kappa shape index (κ3) is 2.26. The van der Waals surface area contributed by atoms with E-state index in [0.717, 1.165) is 0 Å². The van der Waals surface area contributed by atoms with Gasteiger partial charge in [0, 0.05) is 5.02 Å². The van der Waals surface area contributed by atoms with Gasteiger partial charge in [0.15, 0.2) is 5.03 Å². The normalized spacial score (nSPS) is 11.7. The fraction of sp³-hybridized carbons (Fsp3) is 0. The van der Waals surface area contributed by atoms with E-state index in [4.69, 9.17) is 11.6 Å². The van der Waals surface area contributed by atoms with Gasteiger partial charge >= 0.3 is 0 Å². The van der Waals surface area contributed by atoms with Crippen LogP contribution in [0.3, 0.4) is 0 Å². The van der Waals surface area contributed by atoms with Crippen LogP contribution in [0.2, 0.25) is 5.02 Å². The van der Waals surface area contributed by atoms with Gasteiger partial charge in [-0.1, -0.05) is 29.8 Å². The van der Waals surface area contributed by atoms with Gasteiger partial charge in [0.05, 0.1) is 22.1 Å². The van der Waals surface area contributed by atoms with Crippen LogP contribution < -0.4 is 0 Å². The molecule has 0 aliphatic carbocycles. The number of halogens is 1. The Morgan fingerprint density at radius 1 is 0.950 bits per heavy atom. The van der Waals surface area contributed by atoms with Crippen LogP contribution in [0, 0.1) is 0 Å². The van der Waals surface area contributed by atoms with Gasteiger partial charge in [0.1, 0.15) is 0 Å². The van der Waals surface area contributed by atoms with Crippen molar-refractivity contribution in [3.05, 3.63) is 59.8 Å². The van der Waals surface area contributed by atoms with Crippen LogP contribution >= 0.6 is 11.6 Å². The minimum atomic E-state index is -3.66. The first-order valence-corrected chi connectivity index (χ1v) is 7.66. The molecule has 1 heterocycles. The standard InChI is InChI=1S/C14H9ClN2O2S/c15-10-6-7-12-13(8-10)17-14(9-16-12)20(18,19)11-4-2-1-3-5-11/h1-9H. The molecule has 6 heteroatoms. The molecule has 0 aliphatic heterocycles.